The Labute approximate surface area is 316 Å². The van der Waals surface area contributed by atoms with E-state index in [1.54, 1.807) is 11.1 Å². The SMILES string of the molecule is CSc1nc(OC(C)(C)C)c2cnc(-c3c(CCCCOC[C@@H]4CCCN(C(=O)OC(C)(C)C)C4)c(C)cc4c3cnn4C3CCCCO3)c(F)c2n1. The molecule has 0 bridgehead atoms. The highest BCUT2D eigenvalue weighted by Gasteiger charge is 2.29. The summed E-state index contributed by atoms with van der Waals surface area (Å²) in [5.74, 6) is 0.0846. The van der Waals surface area contributed by atoms with Crippen molar-refractivity contribution in [1.82, 2.24) is 29.6 Å². The fourth-order valence-electron chi connectivity index (χ4n) is 7.19. The maximum atomic E-state index is 17.0. The van der Waals surface area contributed by atoms with Gasteiger partial charge in [-0.25, -0.2) is 18.9 Å². The number of benzene rings is 1. The van der Waals surface area contributed by atoms with Crippen molar-refractivity contribution < 1.29 is 28.1 Å². The Morgan fingerprint density at radius 2 is 1.85 bits per heavy atom. The van der Waals surface area contributed by atoms with Crippen molar-refractivity contribution in [3.05, 3.63) is 35.4 Å². The van der Waals surface area contributed by atoms with Gasteiger partial charge in [-0.05, 0) is 123 Å². The van der Waals surface area contributed by atoms with Gasteiger partial charge >= 0.3 is 6.09 Å². The molecule has 0 saturated carbocycles. The van der Waals surface area contributed by atoms with Gasteiger partial charge in [0, 0.05) is 49.4 Å². The molecule has 1 amide bonds. The first-order valence-electron chi connectivity index (χ1n) is 19.0. The van der Waals surface area contributed by atoms with E-state index in [4.69, 9.17) is 29.0 Å². The summed E-state index contributed by atoms with van der Waals surface area (Å²) < 4.78 is 43.0. The summed E-state index contributed by atoms with van der Waals surface area (Å²) >= 11 is 1.34. The minimum absolute atomic E-state index is 0.166. The largest absolute Gasteiger partial charge is 0.471 e. The Hall–Kier alpha value is -3.55. The van der Waals surface area contributed by atoms with E-state index in [0.29, 0.717) is 55.8 Å². The maximum Gasteiger partial charge on any atom is 0.410 e. The molecule has 288 valence electrons. The third-order valence-electron chi connectivity index (χ3n) is 9.60. The van der Waals surface area contributed by atoms with Crippen molar-refractivity contribution in [2.24, 2.45) is 5.92 Å². The molecule has 2 fully saturated rings. The number of carbonyl (C=O) groups excluding carboxylic acids is 1. The number of rotatable bonds is 11. The second-order valence-corrected chi connectivity index (χ2v) is 17.0. The van der Waals surface area contributed by atoms with Crippen LogP contribution >= 0.6 is 11.8 Å². The highest BCUT2D eigenvalue weighted by Crippen LogP contribution is 2.40. The van der Waals surface area contributed by atoms with E-state index in [9.17, 15) is 4.79 Å². The summed E-state index contributed by atoms with van der Waals surface area (Å²) in [6.07, 6.45) is 12.2. The van der Waals surface area contributed by atoms with Crippen molar-refractivity contribution in [3.63, 3.8) is 0 Å². The number of hydrogen-bond donors (Lipinski definition) is 0. The number of ether oxygens (including phenoxy) is 4. The molecule has 0 radical (unpaired) electrons. The third kappa shape index (κ3) is 9.40. The van der Waals surface area contributed by atoms with E-state index in [1.807, 2.05) is 58.7 Å². The maximum absolute atomic E-state index is 17.0. The van der Waals surface area contributed by atoms with E-state index < -0.39 is 17.0 Å². The lowest BCUT2D eigenvalue weighted by molar-refractivity contribution is -0.0366. The van der Waals surface area contributed by atoms with Gasteiger partial charge in [0.1, 0.15) is 22.4 Å². The molecule has 3 aromatic heterocycles. The van der Waals surface area contributed by atoms with E-state index in [2.05, 4.69) is 23.0 Å². The molecule has 0 aliphatic carbocycles. The molecule has 2 aliphatic rings. The number of piperidine rings is 1. The first kappa shape index (κ1) is 39.2. The number of amides is 1. The Bertz CT molecular complexity index is 1920. The van der Waals surface area contributed by atoms with Crippen molar-refractivity contribution >= 4 is 39.7 Å². The van der Waals surface area contributed by atoms with Crippen LogP contribution in [0.25, 0.3) is 33.1 Å². The summed E-state index contributed by atoms with van der Waals surface area (Å²) in [6.45, 7) is 16.8. The molecule has 0 N–H and O–H groups in total. The van der Waals surface area contributed by atoms with Gasteiger partial charge in [-0.3, -0.25) is 4.98 Å². The quantitative estimate of drug-likeness (QED) is 0.0836. The molecule has 11 nitrogen and oxygen atoms in total. The Balaban J connectivity index is 1.25. The van der Waals surface area contributed by atoms with Crippen LogP contribution in [0.3, 0.4) is 0 Å². The van der Waals surface area contributed by atoms with Crippen molar-refractivity contribution in [1.29, 1.82) is 0 Å². The fraction of sp³-hybridized carbons (Fsp3) is 0.625. The van der Waals surface area contributed by atoms with E-state index in [1.165, 1.54) is 11.8 Å². The zero-order valence-corrected chi connectivity index (χ0v) is 33.4. The number of fused-ring (bicyclic) bond motifs is 2. The van der Waals surface area contributed by atoms with Crippen LogP contribution in [0, 0.1) is 18.7 Å². The molecule has 1 unspecified atom stereocenters. The standard InChI is InChI=1S/C40H55FN6O5S/c1-25-20-30-28(22-43-47(30)31-16-10-12-19-50-31)32(35-33(41)34-29(21-42-35)36(51-39(2,3)4)45-37(44-34)53-8)27(25)15-9-11-18-49-24-26-14-13-17-46(23-26)38(48)52-40(5,6)7/h20-22,26,31H,9-19,23-24H2,1-8H3/t26-,31?/m1/s1. The average Bonchev–Trinajstić information content (AvgIpc) is 3.52. The van der Waals surface area contributed by atoms with Gasteiger partial charge < -0.3 is 23.8 Å². The van der Waals surface area contributed by atoms with E-state index >= 15 is 4.39 Å². The molecule has 2 atom stereocenters. The second-order valence-electron chi connectivity index (χ2n) is 16.3. The molecule has 4 aromatic rings. The predicted molar refractivity (Wildman–Crippen MR) is 206 cm³/mol. The normalized spacial score (nSPS) is 18.5. The number of hydrogen-bond acceptors (Lipinski definition) is 10. The van der Waals surface area contributed by atoms with Crippen LogP contribution in [0.15, 0.2) is 23.6 Å². The van der Waals surface area contributed by atoms with Crippen LogP contribution in [0.1, 0.15) is 104 Å². The summed E-state index contributed by atoms with van der Waals surface area (Å²) in [7, 11) is 0. The van der Waals surface area contributed by atoms with Crippen LogP contribution in [-0.4, -0.2) is 86.1 Å². The molecule has 2 saturated heterocycles. The zero-order chi connectivity index (χ0) is 37.9. The number of thioether (sulfide) groups is 1. The predicted octanol–water partition coefficient (Wildman–Crippen LogP) is 9.07. The fourth-order valence-corrected chi connectivity index (χ4v) is 7.55. The summed E-state index contributed by atoms with van der Waals surface area (Å²) in [5, 5.41) is 6.49. The summed E-state index contributed by atoms with van der Waals surface area (Å²) in [6, 6.07) is 2.15. The molecule has 53 heavy (non-hydrogen) atoms. The van der Waals surface area contributed by atoms with Crippen molar-refractivity contribution in [2.45, 2.75) is 122 Å². The van der Waals surface area contributed by atoms with Crippen LogP contribution < -0.4 is 4.74 Å². The van der Waals surface area contributed by atoms with Gasteiger partial charge in [0.15, 0.2) is 17.2 Å². The number of unbranched alkanes of at least 4 members (excludes halogenated alkanes) is 1. The average molecular weight is 751 g/mol. The number of likely N-dealkylation sites (tertiary alicyclic amines) is 1. The topological polar surface area (TPSA) is 114 Å². The van der Waals surface area contributed by atoms with Gasteiger partial charge in [0.05, 0.1) is 23.7 Å². The minimum atomic E-state index is -0.543. The number of halogens is 1. The van der Waals surface area contributed by atoms with Crippen molar-refractivity contribution in [2.75, 3.05) is 39.2 Å². The van der Waals surface area contributed by atoms with Gasteiger partial charge in [0.25, 0.3) is 0 Å². The van der Waals surface area contributed by atoms with Gasteiger partial charge in [-0.2, -0.15) is 10.1 Å². The molecule has 5 heterocycles. The number of aryl methyl sites for hydroxylation is 1. The lowest BCUT2D eigenvalue weighted by atomic mass is 9.91. The second kappa shape index (κ2) is 16.4. The summed E-state index contributed by atoms with van der Waals surface area (Å²) in [5.41, 5.74) is 3.06. The smallest absolute Gasteiger partial charge is 0.410 e. The number of carbonyl (C=O) groups is 1. The van der Waals surface area contributed by atoms with Crippen molar-refractivity contribution in [3.8, 4) is 17.1 Å². The van der Waals surface area contributed by atoms with Gasteiger partial charge in [0.2, 0.25) is 5.88 Å². The van der Waals surface area contributed by atoms with Gasteiger partial charge in [-0.1, -0.05) is 11.8 Å². The molecular formula is C40H55FN6O5S. The molecule has 1 aromatic carbocycles. The Morgan fingerprint density at radius 1 is 1.04 bits per heavy atom. The van der Waals surface area contributed by atoms with Crippen LogP contribution in [0.4, 0.5) is 9.18 Å². The minimum Gasteiger partial charge on any atom is -0.471 e. The molecular weight excluding hydrogens is 696 g/mol. The molecule has 2 aliphatic heterocycles. The number of pyridine rings is 1. The number of aromatic nitrogens is 5. The molecule has 13 heteroatoms. The first-order chi connectivity index (χ1) is 25.2. The zero-order valence-electron chi connectivity index (χ0n) is 32.6. The summed E-state index contributed by atoms with van der Waals surface area (Å²) in [4.78, 5) is 28.4. The Kier molecular flexibility index (Phi) is 12.1. The lowest BCUT2D eigenvalue weighted by Crippen LogP contribution is -2.43. The lowest BCUT2D eigenvalue weighted by Gasteiger charge is -2.34. The van der Waals surface area contributed by atoms with Crippen LogP contribution in [0.5, 0.6) is 5.88 Å². The monoisotopic (exact) mass is 750 g/mol. The van der Waals surface area contributed by atoms with Crippen LogP contribution in [-0.2, 0) is 20.6 Å². The highest BCUT2D eigenvalue weighted by molar-refractivity contribution is 7.98. The Morgan fingerprint density at radius 3 is 2.57 bits per heavy atom. The van der Waals surface area contributed by atoms with Gasteiger partial charge in [-0.15, -0.1) is 0 Å². The number of nitrogens with zero attached hydrogens (tertiary/aromatic N) is 6. The van der Waals surface area contributed by atoms with Crippen LogP contribution in [0.2, 0.25) is 0 Å². The molecule has 6 rings (SSSR count). The third-order valence-corrected chi connectivity index (χ3v) is 10.2. The first-order valence-corrected chi connectivity index (χ1v) is 20.2. The highest BCUT2D eigenvalue weighted by atomic mass is 32.2. The van der Waals surface area contributed by atoms with E-state index in [0.717, 1.165) is 72.5 Å². The molecule has 0 spiro atoms. The van der Waals surface area contributed by atoms with E-state index in [-0.39, 0.29) is 29.4 Å².